The second-order valence-electron chi connectivity index (χ2n) is 6.08. The van der Waals surface area contributed by atoms with Gasteiger partial charge >= 0.3 is 6.03 Å². The summed E-state index contributed by atoms with van der Waals surface area (Å²) in [6, 6.07) is 14.7. The largest absolute Gasteiger partial charge is 0.457 e. The molecule has 3 amide bonds. The van der Waals surface area contributed by atoms with Crippen LogP contribution in [0.25, 0.3) is 0 Å². The molecular formula is C19H21N3O3. The molecule has 130 valence electrons. The fourth-order valence-corrected chi connectivity index (χ4v) is 2.63. The Labute approximate surface area is 146 Å². The fraction of sp³-hybridized carbons (Fsp3) is 0.263. The van der Waals surface area contributed by atoms with Crippen LogP contribution in [0.3, 0.4) is 0 Å². The molecule has 2 aromatic carbocycles. The van der Waals surface area contributed by atoms with E-state index in [0.29, 0.717) is 30.8 Å². The molecule has 0 unspecified atom stereocenters. The lowest BCUT2D eigenvalue weighted by Gasteiger charge is -2.23. The van der Waals surface area contributed by atoms with Gasteiger partial charge in [-0.15, -0.1) is 0 Å². The van der Waals surface area contributed by atoms with Crippen molar-refractivity contribution in [3.8, 4) is 11.5 Å². The van der Waals surface area contributed by atoms with Crippen LogP contribution in [0.1, 0.15) is 18.4 Å². The maximum absolute atomic E-state index is 12.0. The number of aryl methyl sites for hydroxylation is 1. The second kappa shape index (κ2) is 7.70. The molecule has 1 atom stereocenters. The number of amides is 3. The Kier molecular flexibility index (Phi) is 5.18. The summed E-state index contributed by atoms with van der Waals surface area (Å²) in [6.07, 6.45) is 1.10. The number of piperidine rings is 1. The zero-order valence-corrected chi connectivity index (χ0v) is 14.0. The number of hydrogen-bond acceptors (Lipinski definition) is 3. The average molecular weight is 339 g/mol. The van der Waals surface area contributed by atoms with E-state index in [0.717, 1.165) is 11.3 Å². The molecule has 0 aliphatic carbocycles. The van der Waals surface area contributed by atoms with E-state index in [-0.39, 0.29) is 18.0 Å². The Hall–Kier alpha value is -3.02. The smallest absolute Gasteiger partial charge is 0.319 e. The van der Waals surface area contributed by atoms with Gasteiger partial charge in [-0.25, -0.2) is 4.79 Å². The van der Waals surface area contributed by atoms with Crippen LogP contribution >= 0.6 is 0 Å². The Morgan fingerprint density at radius 3 is 2.64 bits per heavy atom. The summed E-state index contributed by atoms with van der Waals surface area (Å²) in [5.41, 5.74) is 1.81. The van der Waals surface area contributed by atoms with E-state index in [9.17, 15) is 9.59 Å². The quantitative estimate of drug-likeness (QED) is 0.800. The molecule has 1 fully saturated rings. The standard InChI is InChI=1S/C19H21N3O3/c1-13-3-2-4-17(11-13)25-16-8-5-14(6-9-16)21-19(24)22-15-7-10-18(23)20-12-15/h2-6,8-9,11,15H,7,10,12H2,1H3,(H,20,23)(H2,21,22,24)/t15-/m0/s1. The highest BCUT2D eigenvalue weighted by atomic mass is 16.5. The molecule has 0 saturated carbocycles. The average Bonchev–Trinajstić information content (AvgIpc) is 2.59. The van der Waals surface area contributed by atoms with Crippen molar-refractivity contribution in [3.05, 3.63) is 54.1 Å². The molecule has 25 heavy (non-hydrogen) atoms. The number of nitrogens with one attached hydrogen (secondary N) is 3. The van der Waals surface area contributed by atoms with E-state index >= 15 is 0 Å². The Balaban J connectivity index is 1.51. The van der Waals surface area contributed by atoms with Crippen LogP contribution in [0.15, 0.2) is 48.5 Å². The Bertz CT molecular complexity index is 749. The van der Waals surface area contributed by atoms with Gasteiger partial charge in [0.2, 0.25) is 5.91 Å². The van der Waals surface area contributed by atoms with E-state index in [2.05, 4.69) is 16.0 Å². The highest BCUT2D eigenvalue weighted by Gasteiger charge is 2.19. The van der Waals surface area contributed by atoms with Crippen molar-refractivity contribution in [3.63, 3.8) is 0 Å². The van der Waals surface area contributed by atoms with E-state index in [4.69, 9.17) is 4.74 Å². The molecule has 1 aliphatic rings. The van der Waals surface area contributed by atoms with E-state index in [1.54, 1.807) is 24.3 Å². The monoisotopic (exact) mass is 339 g/mol. The van der Waals surface area contributed by atoms with Gasteiger partial charge in [-0.1, -0.05) is 12.1 Å². The van der Waals surface area contributed by atoms with Crippen molar-refractivity contribution in [2.24, 2.45) is 0 Å². The number of benzene rings is 2. The van der Waals surface area contributed by atoms with Gasteiger partial charge in [-0.3, -0.25) is 4.79 Å². The molecule has 3 N–H and O–H groups in total. The SMILES string of the molecule is Cc1cccc(Oc2ccc(NC(=O)N[C@H]3CCC(=O)NC3)cc2)c1. The molecule has 1 saturated heterocycles. The minimum absolute atomic E-state index is 0.0302. The summed E-state index contributed by atoms with van der Waals surface area (Å²) in [7, 11) is 0. The Morgan fingerprint density at radius 2 is 1.96 bits per heavy atom. The van der Waals surface area contributed by atoms with Gasteiger partial charge in [0.1, 0.15) is 11.5 Å². The Morgan fingerprint density at radius 1 is 1.16 bits per heavy atom. The topological polar surface area (TPSA) is 79.5 Å². The number of hydrogen-bond donors (Lipinski definition) is 3. The number of urea groups is 1. The zero-order valence-electron chi connectivity index (χ0n) is 14.0. The minimum atomic E-state index is -0.284. The maximum Gasteiger partial charge on any atom is 0.319 e. The summed E-state index contributed by atoms with van der Waals surface area (Å²) in [4.78, 5) is 23.1. The highest BCUT2D eigenvalue weighted by Crippen LogP contribution is 2.23. The van der Waals surface area contributed by atoms with Gasteiger partial charge in [-0.2, -0.15) is 0 Å². The molecule has 0 spiro atoms. The minimum Gasteiger partial charge on any atom is -0.457 e. The van der Waals surface area contributed by atoms with Crippen LogP contribution < -0.4 is 20.7 Å². The van der Waals surface area contributed by atoms with Crippen molar-refractivity contribution in [1.82, 2.24) is 10.6 Å². The first-order valence-corrected chi connectivity index (χ1v) is 8.27. The molecule has 6 heteroatoms. The summed E-state index contributed by atoms with van der Waals surface area (Å²) >= 11 is 0. The van der Waals surface area contributed by atoms with Gasteiger partial charge in [0, 0.05) is 24.7 Å². The molecule has 2 aromatic rings. The predicted octanol–water partition coefficient (Wildman–Crippen LogP) is 3.19. The summed E-state index contributed by atoms with van der Waals surface area (Å²) in [5.74, 6) is 1.51. The highest BCUT2D eigenvalue weighted by molar-refractivity contribution is 5.89. The van der Waals surface area contributed by atoms with Gasteiger partial charge in [0.25, 0.3) is 0 Å². The zero-order chi connectivity index (χ0) is 17.6. The van der Waals surface area contributed by atoms with Crippen LogP contribution in [-0.2, 0) is 4.79 Å². The van der Waals surface area contributed by atoms with Crippen LogP contribution in [0, 0.1) is 6.92 Å². The third kappa shape index (κ3) is 4.97. The first-order valence-electron chi connectivity index (χ1n) is 8.27. The van der Waals surface area contributed by atoms with Crippen molar-refractivity contribution in [2.75, 3.05) is 11.9 Å². The second-order valence-corrected chi connectivity index (χ2v) is 6.08. The van der Waals surface area contributed by atoms with Crippen molar-refractivity contribution in [1.29, 1.82) is 0 Å². The van der Waals surface area contributed by atoms with E-state index < -0.39 is 0 Å². The molecule has 3 rings (SSSR count). The summed E-state index contributed by atoms with van der Waals surface area (Å²) < 4.78 is 5.78. The molecule has 6 nitrogen and oxygen atoms in total. The molecule has 0 bridgehead atoms. The lowest BCUT2D eigenvalue weighted by molar-refractivity contribution is -0.122. The summed E-state index contributed by atoms with van der Waals surface area (Å²) in [6.45, 7) is 2.48. The van der Waals surface area contributed by atoms with Gasteiger partial charge in [0.05, 0.1) is 0 Å². The third-order valence-electron chi connectivity index (χ3n) is 3.94. The third-order valence-corrected chi connectivity index (χ3v) is 3.94. The van der Waals surface area contributed by atoms with Crippen LogP contribution in [-0.4, -0.2) is 24.5 Å². The number of anilines is 1. The van der Waals surface area contributed by atoms with E-state index in [1.807, 2.05) is 31.2 Å². The van der Waals surface area contributed by atoms with E-state index in [1.165, 1.54) is 0 Å². The van der Waals surface area contributed by atoms with Gasteiger partial charge in [-0.05, 0) is 55.3 Å². The number of ether oxygens (including phenoxy) is 1. The number of carbonyl (C=O) groups is 2. The lowest BCUT2D eigenvalue weighted by atomic mass is 10.1. The molecule has 1 heterocycles. The van der Waals surface area contributed by atoms with Crippen LogP contribution in [0.2, 0.25) is 0 Å². The van der Waals surface area contributed by atoms with Crippen LogP contribution in [0.4, 0.5) is 10.5 Å². The predicted molar refractivity (Wildman–Crippen MR) is 95.9 cm³/mol. The van der Waals surface area contributed by atoms with Gasteiger partial charge in [0.15, 0.2) is 0 Å². The lowest BCUT2D eigenvalue weighted by Crippen LogP contribution is -2.48. The number of rotatable bonds is 4. The molecule has 0 radical (unpaired) electrons. The van der Waals surface area contributed by atoms with Crippen molar-refractivity contribution < 1.29 is 14.3 Å². The number of carbonyl (C=O) groups excluding carboxylic acids is 2. The molecule has 1 aliphatic heterocycles. The normalized spacial score (nSPS) is 16.7. The molecule has 0 aromatic heterocycles. The summed E-state index contributed by atoms with van der Waals surface area (Å²) in [5, 5.41) is 8.37. The van der Waals surface area contributed by atoms with Gasteiger partial charge < -0.3 is 20.7 Å². The maximum atomic E-state index is 12.0. The van der Waals surface area contributed by atoms with Crippen LogP contribution in [0.5, 0.6) is 11.5 Å². The van der Waals surface area contributed by atoms with Crippen molar-refractivity contribution >= 4 is 17.6 Å². The van der Waals surface area contributed by atoms with Crippen molar-refractivity contribution in [2.45, 2.75) is 25.8 Å². The molecular weight excluding hydrogens is 318 g/mol. The fourth-order valence-electron chi connectivity index (χ4n) is 2.63. The first-order chi connectivity index (χ1) is 12.1. The first kappa shape index (κ1) is 16.8.